The average Bonchev–Trinajstić information content (AvgIpc) is 2.91. The summed E-state index contributed by atoms with van der Waals surface area (Å²) in [6.45, 7) is 1.74. The number of hydrogen-bond acceptors (Lipinski definition) is 6. The second-order valence-corrected chi connectivity index (χ2v) is 9.26. The summed E-state index contributed by atoms with van der Waals surface area (Å²) in [5, 5.41) is 13.6. The Balaban J connectivity index is 1.31. The molecule has 3 heterocycles. The van der Waals surface area contributed by atoms with Crippen molar-refractivity contribution in [3.05, 3.63) is 77.5 Å². The summed E-state index contributed by atoms with van der Waals surface area (Å²) in [6, 6.07) is 18.8. The highest BCUT2D eigenvalue weighted by atomic mass is 19.3. The molecule has 0 unspecified atom stereocenters. The van der Waals surface area contributed by atoms with Crippen LogP contribution in [0.25, 0.3) is 11.4 Å². The number of aromatic nitrogens is 2. The number of alkyl halides is 2. The minimum atomic E-state index is -2.56. The molecule has 36 heavy (non-hydrogen) atoms. The van der Waals surface area contributed by atoms with E-state index in [1.807, 2.05) is 24.3 Å². The number of rotatable bonds is 6. The van der Waals surface area contributed by atoms with Crippen molar-refractivity contribution < 1.29 is 18.7 Å². The minimum Gasteiger partial charge on any atom is -0.390 e. The third-order valence-corrected chi connectivity index (χ3v) is 6.88. The van der Waals surface area contributed by atoms with Gasteiger partial charge in [-0.3, -0.25) is 9.69 Å². The molecule has 9 heteroatoms. The van der Waals surface area contributed by atoms with Gasteiger partial charge in [-0.2, -0.15) is 0 Å². The van der Waals surface area contributed by atoms with Crippen LogP contribution < -0.4 is 5.32 Å². The van der Waals surface area contributed by atoms with E-state index in [9.17, 15) is 18.7 Å². The van der Waals surface area contributed by atoms with Gasteiger partial charge in [0.15, 0.2) is 5.82 Å². The molecule has 0 aliphatic carbocycles. The SMILES string of the molecule is O=C(c1cc(NCC(F)F)nc(-c2ccccc2)n1)N1CC[C@@H](N2CCc3ccccc3C2)[C@H](O)C1. The van der Waals surface area contributed by atoms with Crippen molar-refractivity contribution in [2.45, 2.75) is 38.0 Å². The molecule has 3 aromatic rings. The number of carbonyl (C=O) groups excluding carboxylic acids is 1. The molecular weight excluding hydrogens is 464 g/mol. The second kappa shape index (κ2) is 10.7. The van der Waals surface area contributed by atoms with E-state index >= 15 is 0 Å². The number of benzene rings is 2. The van der Waals surface area contributed by atoms with Gasteiger partial charge in [-0.1, -0.05) is 54.6 Å². The van der Waals surface area contributed by atoms with Gasteiger partial charge in [-0.25, -0.2) is 18.7 Å². The van der Waals surface area contributed by atoms with Gasteiger partial charge < -0.3 is 15.3 Å². The predicted molar refractivity (Wildman–Crippen MR) is 133 cm³/mol. The van der Waals surface area contributed by atoms with Gasteiger partial charge in [0.25, 0.3) is 12.3 Å². The number of carbonyl (C=O) groups is 1. The molecule has 1 saturated heterocycles. The van der Waals surface area contributed by atoms with Crippen molar-refractivity contribution in [3.8, 4) is 11.4 Å². The zero-order chi connectivity index (χ0) is 25.1. The molecule has 1 aromatic heterocycles. The number of aliphatic hydroxyl groups is 1. The van der Waals surface area contributed by atoms with Crippen molar-refractivity contribution >= 4 is 11.7 Å². The monoisotopic (exact) mass is 493 g/mol. The molecule has 0 saturated carbocycles. The Morgan fingerprint density at radius 2 is 1.81 bits per heavy atom. The minimum absolute atomic E-state index is 0.0315. The maximum absolute atomic E-state index is 13.4. The third kappa shape index (κ3) is 5.37. The average molecular weight is 494 g/mol. The van der Waals surface area contributed by atoms with Crippen molar-refractivity contribution in [2.24, 2.45) is 0 Å². The van der Waals surface area contributed by atoms with Crippen LogP contribution in [-0.2, 0) is 13.0 Å². The number of nitrogens with zero attached hydrogens (tertiary/aromatic N) is 4. The standard InChI is InChI=1S/C27H29F2N5O2/c28-24(29)15-30-25-14-21(31-26(32-25)19-7-2-1-3-8-19)27(36)34-13-11-22(23(35)17-34)33-12-10-18-6-4-5-9-20(18)16-33/h1-9,14,22-24,35H,10-13,15-17H2,(H,30,31,32)/t22-,23-/m1/s1. The van der Waals surface area contributed by atoms with Crippen LogP contribution in [0.2, 0.25) is 0 Å². The lowest BCUT2D eigenvalue weighted by molar-refractivity contribution is -0.0139. The van der Waals surface area contributed by atoms with Crippen LogP contribution in [0.3, 0.4) is 0 Å². The first kappa shape index (κ1) is 24.3. The van der Waals surface area contributed by atoms with Crippen LogP contribution >= 0.6 is 0 Å². The third-order valence-electron chi connectivity index (χ3n) is 6.88. The Kier molecular flexibility index (Phi) is 7.20. The maximum Gasteiger partial charge on any atom is 0.272 e. The first-order valence-corrected chi connectivity index (χ1v) is 12.2. The Morgan fingerprint density at radius 1 is 1.06 bits per heavy atom. The van der Waals surface area contributed by atoms with Crippen molar-refractivity contribution in [3.63, 3.8) is 0 Å². The highest BCUT2D eigenvalue weighted by Gasteiger charge is 2.36. The van der Waals surface area contributed by atoms with Crippen LogP contribution in [0, 0.1) is 0 Å². The molecule has 0 bridgehead atoms. The molecule has 0 radical (unpaired) electrons. The lowest BCUT2D eigenvalue weighted by atomic mass is 9.94. The second-order valence-electron chi connectivity index (χ2n) is 9.26. The van der Waals surface area contributed by atoms with Crippen LogP contribution in [0.15, 0.2) is 60.7 Å². The van der Waals surface area contributed by atoms with E-state index in [4.69, 9.17) is 0 Å². The fourth-order valence-corrected chi connectivity index (χ4v) is 5.04. The van der Waals surface area contributed by atoms with Crippen molar-refractivity contribution in [2.75, 3.05) is 31.5 Å². The normalized spacial score (nSPS) is 20.3. The van der Waals surface area contributed by atoms with Crippen molar-refractivity contribution in [1.29, 1.82) is 0 Å². The Bertz CT molecular complexity index is 1210. The van der Waals surface area contributed by atoms with Gasteiger partial charge in [0.1, 0.15) is 11.5 Å². The summed E-state index contributed by atoms with van der Waals surface area (Å²) in [7, 11) is 0. The number of likely N-dealkylation sites (tertiary alicyclic amines) is 1. The smallest absolute Gasteiger partial charge is 0.272 e. The lowest BCUT2D eigenvalue weighted by Gasteiger charge is -2.43. The zero-order valence-electron chi connectivity index (χ0n) is 19.9. The van der Waals surface area contributed by atoms with E-state index in [1.54, 1.807) is 17.0 Å². The summed E-state index contributed by atoms with van der Waals surface area (Å²) in [5.74, 6) is 0.0896. The summed E-state index contributed by atoms with van der Waals surface area (Å²) >= 11 is 0. The molecule has 7 nitrogen and oxygen atoms in total. The lowest BCUT2D eigenvalue weighted by Crippen LogP contribution is -2.56. The van der Waals surface area contributed by atoms with Gasteiger partial charge >= 0.3 is 0 Å². The number of halogens is 2. The molecule has 2 aliphatic heterocycles. The number of anilines is 1. The topological polar surface area (TPSA) is 81.6 Å². The molecule has 2 aromatic carbocycles. The summed E-state index contributed by atoms with van der Waals surface area (Å²) in [5.41, 5.74) is 3.42. The van der Waals surface area contributed by atoms with Gasteiger partial charge in [-0.15, -0.1) is 0 Å². The number of amides is 1. The van der Waals surface area contributed by atoms with Crippen LogP contribution in [0.1, 0.15) is 28.0 Å². The molecule has 5 rings (SSSR count). The molecule has 188 valence electrons. The highest BCUT2D eigenvalue weighted by molar-refractivity contribution is 5.93. The van der Waals surface area contributed by atoms with E-state index in [1.165, 1.54) is 17.2 Å². The number of hydrogen-bond donors (Lipinski definition) is 2. The number of β-amino-alcohol motifs (C(OH)–C–C–N with tert-alkyl or cyclic N) is 1. The molecular formula is C27H29F2N5O2. The Labute approximate surface area is 208 Å². The number of fused-ring (bicyclic) bond motifs is 1. The molecule has 1 amide bonds. The number of aliphatic hydroxyl groups excluding tert-OH is 1. The fourth-order valence-electron chi connectivity index (χ4n) is 5.04. The molecule has 0 spiro atoms. The van der Waals surface area contributed by atoms with Crippen LogP contribution in [0.4, 0.5) is 14.6 Å². The zero-order valence-corrected chi connectivity index (χ0v) is 19.9. The summed E-state index contributed by atoms with van der Waals surface area (Å²) in [6.07, 6.45) is -1.67. The van der Waals surface area contributed by atoms with Crippen LogP contribution in [-0.4, -0.2) is 75.5 Å². The largest absolute Gasteiger partial charge is 0.390 e. The van der Waals surface area contributed by atoms with Gasteiger partial charge in [0.05, 0.1) is 12.6 Å². The molecule has 2 atom stereocenters. The molecule has 1 fully saturated rings. The van der Waals surface area contributed by atoms with E-state index in [2.05, 4.69) is 38.4 Å². The first-order chi connectivity index (χ1) is 17.5. The van der Waals surface area contributed by atoms with E-state index in [0.717, 1.165) is 19.5 Å². The predicted octanol–water partition coefficient (Wildman–Crippen LogP) is 3.45. The molecule has 2 N–H and O–H groups in total. The van der Waals surface area contributed by atoms with Gasteiger partial charge in [0.2, 0.25) is 0 Å². The first-order valence-electron chi connectivity index (χ1n) is 12.2. The quantitative estimate of drug-likeness (QED) is 0.548. The van der Waals surface area contributed by atoms with Gasteiger partial charge in [0, 0.05) is 43.9 Å². The number of nitrogens with one attached hydrogen (secondary N) is 1. The molecule has 2 aliphatic rings. The Hall–Kier alpha value is -3.43. The van der Waals surface area contributed by atoms with Gasteiger partial charge in [-0.05, 0) is 24.0 Å². The fraction of sp³-hybridized carbons (Fsp3) is 0.370. The van der Waals surface area contributed by atoms with E-state index in [0.29, 0.717) is 18.5 Å². The highest BCUT2D eigenvalue weighted by Crippen LogP contribution is 2.26. The summed E-state index contributed by atoms with van der Waals surface area (Å²) in [4.78, 5) is 26.1. The van der Waals surface area contributed by atoms with Crippen LogP contribution in [0.5, 0.6) is 0 Å². The Morgan fingerprint density at radius 3 is 2.56 bits per heavy atom. The van der Waals surface area contributed by atoms with Crippen molar-refractivity contribution in [1.82, 2.24) is 19.8 Å². The summed E-state index contributed by atoms with van der Waals surface area (Å²) < 4.78 is 25.6. The van der Waals surface area contributed by atoms with E-state index in [-0.39, 0.29) is 35.8 Å². The van der Waals surface area contributed by atoms with E-state index < -0.39 is 19.1 Å². The number of piperidine rings is 1. The maximum atomic E-state index is 13.4.